The van der Waals surface area contributed by atoms with Gasteiger partial charge in [0.1, 0.15) is 0 Å². The lowest BCUT2D eigenvalue weighted by Crippen LogP contribution is -2.60. The van der Waals surface area contributed by atoms with Gasteiger partial charge < -0.3 is 14.6 Å². The number of imide groups is 2. The third-order valence-corrected chi connectivity index (χ3v) is 11.8. The predicted molar refractivity (Wildman–Crippen MR) is 164 cm³/mol. The first-order chi connectivity index (χ1) is 20.5. The fraction of sp³-hybridized carbons (Fsp3) is 0.400. The molecule has 2 aromatic rings. The Hall–Kier alpha value is -2.86. The van der Waals surface area contributed by atoms with E-state index in [2.05, 4.69) is 15.9 Å². The van der Waals surface area contributed by atoms with E-state index >= 15 is 0 Å². The summed E-state index contributed by atoms with van der Waals surface area (Å²) in [5.74, 6) is -4.52. The van der Waals surface area contributed by atoms with Gasteiger partial charge in [-0.25, -0.2) is 0 Å². The first-order valence-corrected chi connectivity index (χ1v) is 16.3. The number of nitrogens with zero attached hydrogens (tertiary/aromatic N) is 2. The van der Waals surface area contributed by atoms with E-state index in [0.717, 1.165) is 9.78 Å². The van der Waals surface area contributed by atoms with E-state index in [-0.39, 0.29) is 47.5 Å². The summed E-state index contributed by atoms with van der Waals surface area (Å²) >= 11 is 19.1. The summed E-state index contributed by atoms with van der Waals surface area (Å²) in [6, 6.07) is 6.91. The summed E-state index contributed by atoms with van der Waals surface area (Å²) in [6.45, 7) is 0.179. The zero-order chi connectivity index (χ0) is 30.8. The molecule has 226 valence electrons. The first-order valence-electron chi connectivity index (χ1n) is 13.5. The lowest BCUT2D eigenvalue weighted by atomic mass is 9.57. The van der Waals surface area contributed by atoms with Gasteiger partial charge in [-0.2, -0.15) is 0 Å². The molecule has 6 rings (SSSR count). The van der Waals surface area contributed by atoms with Gasteiger partial charge >= 0.3 is 0 Å². The standard InChI is InChI=1S/C30H27BrCl2N2O7S/c1-41-21-10-15(11-22(42-2)24(21)36)5-8-20-17-6-7-18-23(26(38)34(25(18)37)13-16-4-3-9-43-16)19(17)12-29(32)27(39)35(14-31)28(40)30(20,29)33/h3-6,8-11,18-20,23,36H,7,12-14H2,1-2H3/t18-,19+,20-,23-,29+,30-/m0/s1. The Balaban J connectivity index is 1.45. The van der Waals surface area contributed by atoms with Gasteiger partial charge in [0.25, 0.3) is 11.8 Å². The summed E-state index contributed by atoms with van der Waals surface area (Å²) in [6.07, 6.45) is 5.48. The highest BCUT2D eigenvalue weighted by molar-refractivity contribution is 9.09. The minimum absolute atomic E-state index is 0.0732. The maximum atomic E-state index is 13.9. The zero-order valence-electron chi connectivity index (χ0n) is 23.1. The minimum atomic E-state index is -1.89. The van der Waals surface area contributed by atoms with Gasteiger partial charge in [0, 0.05) is 10.8 Å². The molecule has 13 heteroatoms. The predicted octanol–water partition coefficient (Wildman–Crippen LogP) is 4.93. The van der Waals surface area contributed by atoms with Crippen molar-refractivity contribution in [2.45, 2.75) is 29.1 Å². The maximum absolute atomic E-state index is 13.9. The highest BCUT2D eigenvalue weighted by atomic mass is 79.9. The van der Waals surface area contributed by atoms with Gasteiger partial charge in [-0.3, -0.25) is 29.0 Å². The van der Waals surface area contributed by atoms with Crippen LogP contribution in [0.4, 0.5) is 0 Å². The number of halogens is 3. The fourth-order valence-corrected chi connectivity index (χ4v) is 9.07. The topological polar surface area (TPSA) is 113 Å². The molecular weight excluding hydrogens is 683 g/mol. The number of phenolic OH excluding ortho intramolecular Hbond substituents is 1. The maximum Gasteiger partial charge on any atom is 0.254 e. The third-order valence-electron chi connectivity index (χ3n) is 9.04. The van der Waals surface area contributed by atoms with Crippen molar-refractivity contribution in [2.75, 3.05) is 19.7 Å². The van der Waals surface area contributed by atoms with Gasteiger partial charge in [0.15, 0.2) is 21.2 Å². The highest BCUT2D eigenvalue weighted by Gasteiger charge is 2.75. The zero-order valence-corrected chi connectivity index (χ0v) is 27.0. The second-order valence-electron chi connectivity index (χ2n) is 11.0. The van der Waals surface area contributed by atoms with Crippen LogP contribution in [0.15, 0.2) is 47.4 Å². The molecule has 0 spiro atoms. The van der Waals surface area contributed by atoms with Crippen LogP contribution in [0.25, 0.3) is 6.08 Å². The van der Waals surface area contributed by atoms with Crippen molar-refractivity contribution in [1.29, 1.82) is 0 Å². The molecule has 3 heterocycles. The van der Waals surface area contributed by atoms with Gasteiger partial charge in [-0.05, 0) is 47.9 Å². The Kier molecular flexibility index (Phi) is 7.68. The first kappa shape index (κ1) is 30.2. The minimum Gasteiger partial charge on any atom is -0.502 e. The second-order valence-corrected chi connectivity index (χ2v) is 13.8. The molecule has 9 nitrogen and oxygen atoms in total. The molecule has 1 aromatic heterocycles. The Morgan fingerprint density at radius 2 is 1.77 bits per heavy atom. The molecule has 0 unspecified atom stereocenters. The number of phenols is 1. The number of amides is 4. The van der Waals surface area contributed by atoms with Crippen LogP contribution in [0.2, 0.25) is 0 Å². The van der Waals surface area contributed by atoms with Gasteiger partial charge in [0.2, 0.25) is 17.6 Å². The number of carbonyl (C=O) groups excluding carboxylic acids is 4. The molecule has 1 saturated carbocycles. The number of allylic oxidation sites excluding steroid dienone is 3. The van der Waals surface area contributed by atoms with Crippen LogP contribution in [0.3, 0.4) is 0 Å². The molecule has 1 N–H and O–H groups in total. The van der Waals surface area contributed by atoms with E-state index in [0.29, 0.717) is 17.6 Å². The van der Waals surface area contributed by atoms with Crippen molar-refractivity contribution in [3.05, 3.63) is 57.8 Å². The molecule has 0 radical (unpaired) electrons. The fourth-order valence-electron chi connectivity index (χ4n) is 7.00. The van der Waals surface area contributed by atoms with Crippen LogP contribution in [-0.4, -0.2) is 68.0 Å². The molecule has 43 heavy (non-hydrogen) atoms. The molecule has 6 atom stereocenters. The van der Waals surface area contributed by atoms with E-state index in [1.54, 1.807) is 24.3 Å². The van der Waals surface area contributed by atoms with Crippen LogP contribution in [0, 0.1) is 23.7 Å². The molecule has 1 aromatic carbocycles. The van der Waals surface area contributed by atoms with Crippen LogP contribution in [0.1, 0.15) is 23.3 Å². The summed E-state index contributed by atoms with van der Waals surface area (Å²) in [5, 5.41) is 12.3. The molecule has 2 saturated heterocycles. The van der Waals surface area contributed by atoms with Crippen molar-refractivity contribution >= 4 is 80.2 Å². The molecule has 4 aliphatic rings. The number of hydrogen-bond donors (Lipinski definition) is 1. The number of hydrogen-bond acceptors (Lipinski definition) is 8. The second kappa shape index (κ2) is 10.9. The Morgan fingerprint density at radius 3 is 2.37 bits per heavy atom. The lowest BCUT2D eigenvalue weighted by Gasteiger charge is -2.49. The van der Waals surface area contributed by atoms with Crippen LogP contribution in [-0.2, 0) is 25.7 Å². The molecule has 4 amide bonds. The number of methoxy groups -OCH3 is 2. The number of likely N-dealkylation sites (tertiary alicyclic amines) is 2. The number of thiophene rings is 1. The van der Waals surface area contributed by atoms with E-state index in [1.165, 1.54) is 30.5 Å². The average Bonchev–Trinajstić information content (AvgIpc) is 3.64. The molecule has 2 aliphatic carbocycles. The Bertz CT molecular complexity index is 1570. The number of rotatable bonds is 7. The molecular formula is C30H27BrCl2N2O7S. The number of alkyl halides is 3. The van der Waals surface area contributed by atoms with E-state index < -0.39 is 45.2 Å². The Morgan fingerprint density at radius 1 is 1.07 bits per heavy atom. The number of carbonyl (C=O) groups is 4. The van der Waals surface area contributed by atoms with E-state index in [4.69, 9.17) is 32.7 Å². The van der Waals surface area contributed by atoms with Crippen molar-refractivity contribution in [3.8, 4) is 17.2 Å². The number of aromatic hydroxyl groups is 1. The summed E-state index contributed by atoms with van der Waals surface area (Å²) < 4.78 is 10.6. The monoisotopic (exact) mass is 708 g/mol. The summed E-state index contributed by atoms with van der Waals surface area (Å²) in [5.41, 5.74) is 1.16. The van der Waals surface area contributed by atoms with Crippen LogP contribution in [0.5, 0.6) is 17.2 Å². The quantitative estimate of drug-likeness (QED) is 0.188. The van der Waals surface area contributed by atoms with Crippen molar-refractivity contribution in [3.63, 3.8) is 0 Å². The SMILES string of the molecule is COc1cc(C=C[C@H]2C3=CC[C@@H]4C(=O)N(Cc5cccs5)C(=O)[C@@H]4[C@@H]3C[C@@]3(Cl)C(=O)N(CBr)C(=O)[C@@]23Cl)cc(OC)c1O. The van der Waals surface area contributed by atoms with Crippen molar-refractivity contribution in [2.24, 2.45) is 23.7 Å². The van der Waals surface area contributed by atoms with Gasteiger partial charge in [0.05, 0.1) is 38.1 Å². The van der Waals surface area contributed by atoms with Crippen molar-refractivity contribution < 1.29 is 33.8 Å². The van der Waals surface area contributed by atoms with E-state index in [9.17, 15) is 24.3 Å². The van der Waals surface area contributed by atoms with Crippen molar-refractivity contribution in [1.82, 2.24) is 9.80 Å². The average molecular weight is 710 g/mol. The normalized spacial score (nSPS) is 31.8. The summed E-state index contributed by atoms with van der Waals surface area (Å²) in [4.78, 5) is 54.4. The largest absolute Gasteiger partial charge is 0.502 e. The molecule has 2 aliphatic heterocycles. The Labute approximate surface area is 270 Å². The van der Waals surface area contributed by atoms with E-state index in [1.807, 2.05) is 23.6 Å². The summed E-state index contributed by atoms with van der Waals surface area (Å²) in [7, 11) is 2.82. The van der Waals surface area contributed by atoms with Gasteiger partial charge in [-0.1, -0.05) is 45.8 Å². The van der Waals surface area contributed by atoms with Crippen LogP contribution < -0.4 is 9.47 Å². The number of fused-ring (bicyclic) bond motifs is 4. The van der Waals surface area contributed by atoms with Crippen LogP contribution >= 0.6 is 50.5 Å². The van der Waals surface area contributed by atoms with Gasteiger partial charge in [-0.15, -0.1) is 34.5 Å². The number of ether oxygens (including phenoxy) is 2. The molecule has 3 fully saturated rings. The molecule has 0 bridgehead atoms. The third kappa shape index (κ3) is 4.29. The lowest BCUT2D eigenvalue weighted by molar-refractivity contribution is -0.141. The smallest absolute Gasteiger partial charge is 0.254 e. The highest BCUT2D eigenvalue weighted by Crippen LogP contribution is 2.63. The number of benzene rings is 1.